The standard InChI is InChI=1S/C13H6Cl3N5OS2/c14-6-4-17-5-7(15)10(6)23-13-21-20-12(24-13)11(22)19-9-3-1-2-8(16)18-9/h1-5H,(H,18,19,22). The van der Waals surface area contributed by atoms with Gasteiger partial charge in [-0.1, -0.05) is 64.0 Å². The number of pyridine rings is 2. The average Bonchev–Trinajstić information content (AvgIpc) is 3.00. The van der Waals surface area contributed by atoms with Gasteiger partial charge in [-0.05, 0) is 12.1 Å². The zero-order valence-corrected chi connectivity index (χ0v) is 15.4. The molecule has 1 N–H and O–H groups in total. The summed E-state index contributed by atoms with van der Waals surface area (Å²) in [5, 5.41) is 11.7. The molecule has 3 heterocycles. The van der Waals surface area contributed by atoms with Crippen LogP contribution >= 0.6 is 57.9 Å². The van der Waals surface area contributed by atoms with Gasteiger partial charge in [0.1, 0.15) is 11.0 Å². The summed E-state index contributed by atoms with van der Waals surface area (Å²) < 4.78 is 0.522. The summed E-state index contributed by atoms with van der Waals surface area (Å²) in [6.07, 6.45) is 2.96. The second-order valence-corrected chi connectivity index (χ2v) is 7.64. The molecule has 0 aromatic carbocycles. The number of carbonyl (C=O) groups is 1. The summed E-state index contributed by atoms with van der Waals surface area (Å²) in [6.45, 7) is 0. The summed E-state index contributed by atoms with van der Waals surface area (Å²) in [5.74, 6) is -0.0989. The van der Waals surface area contributed by atoms with Crippen LogP contribution in [0.1, 0.15) is 9.80 Å². The maximum atomic E-state index is 12.2. The van der Waals surface area contributed by atoms with Gasteiger partial charge in [-0.25, -0.2) is 4.98 Å². The Hall–Kier alpha value is -1.45. The molecule has 11 heteroatoms. The average molecular weight is 419 g/mol. The number of hydrogen-bond donors (Lipinski definition) is 1. The molecular formula is C13H6Cl3N5OS2. The molecule has 3 rings (SSSR count). The Morgan fingerprint density at radius 1 is 1.12 bits per heavy atom. The van der Waals surface area contributed by atoms with Crippen LogP contribution in [0.25, 0.3) is 0 Å². The third-order valence-corrected chi connectivity index (χ3v) is 5.68. The van der Waals surface area contributed by atoms with Crippen LogP contribution in [0.15, 0.2) is 39.8 Å². The molecule has 3 aromatic rings. The van der Waals surface area contributed by atoms with E-state index in [9.17, 15) is 4.79 Å². The van der Waals surface area contributed by atoms with Gasteiger partial charge in [-0.2, -0.15) is 0 Å². The Kier molecular flexibility index (Phi) is 5.52. The maximum absolute atomic E-state index is 12.2. The van der Waals surface area contributed by atoms with Crippen molar-refractivity contribution >= 4 is 69.6 Å². The maximum Gasteiger partial charge on any atom is 0.287 e. The minimum absolute atomic E-state index is 0.181. The SMILES string of the molecule is O=C(Nc1cccc(Cl)n1)c1nnc(Sc2c(Cl)cncc2Cl)s1. The third-order valence-electron chi connectivity index (χ3n) is 2.56. The van der Waals surface area contributed by atoms with E-state index in [0.717, 1.165) is 11.3 Å². The van der Waals surface area contributed by atoms with Gasteiger partial charge in [0.15, 0.2) is 4.34 Å². The molecule has 0 aliphatic carbocycles. The number of anilines is 1. The predicted octanol–water partition coefficient (Wildman–Crippen LogP) is 4.69. The number of halogens is 3. The van der Waals surface area contributed by atoms with Crippen LogP contribution in [0.4, 0.5) is 5.82 Å². The molecule has 0 spiro atoms. The number of rotatable bonds is 4. The molecule has 0 aliphatic rings. The molecule has 0 fully saturated rings. The third kappa shape index (κ3) is 4.14. The summed E-state index contributed by atoms with van der Waals surface area (Å²) >= 11 is 20.2. The molecule has 0 saturated carbocycles. The Morgan fingerprint density at radius 3 is 2.58 bits per heavy atom. The van der Waals surface area contributed by atoms with Crippen LogP contribution in [-0.4, -0.2) is 26.1 Å². The monoisotopic (exact) mass is 417 g/mol. The van der Waals surface area contributed by atoms with Crippen LogP contribution in [0, 0.1) is 0 Å². The van der Waals surface area contributed by atoms with Crippen LogP contribution < -0.4 is 5.32 Å². The van der Waals surface area contributed by atoms with Crippen LogP contribution in [0.2, 0.25) is 15.2 Å². The highest BCUT2D eigenvalue weighted by atomic mass is 35.5. The van der Waals surface area contributed by atoms with E-state index in [1.165, 1.54) is 24.2 Å². The van der Waals surface area contributed by atoms with Gasteiger partial charge in [0.2, 0.25) is 5.01 Å². The fourth-order valence-corrected chi connectivity index (χ4v) is 4.02. The fraction of sp³-hybridized carbons (Fsp3) is 0. The van der Waals surface area contributed by atoms with Gasteiger partial charge in [0.05, 0.1) is 14.9 Å². The normalized spacial score (nSPS) is 10.6. The lowest BCUT2D eigenvalue weighted by atomic mass is 10.4. The fourth-order valence-electron chi connectivity index (χ4n) is 1.57. The first kappa shape index (κ1) is 17.4. The quantitative estimate of drug-likeness (QED) is 0.619. The number of nitrogens with one attached hydrogen (secondary N) is 1. The zero-order valence-electron chi connectivity index (χ0n) is 11.5. The first-order valence-electron chi connectivity index (χ1n) is 6.27. The van der Waals surface area contributed by atoms with Crippen molar-refractivity contribution in [2.75, 3.05) is 5.32 Å². The summed E-state index contributed by atoms with van der Waals surface area (Å²) in [7, 11) is 0. The van der Waals surface area contributed by atoms with Crippen LogP contribution in [0.5, 0.6) is 0 Å². The number of aromatic nitrogens is 4. The van der Waals surface area contributed by atoms with Crippen LogP contribution in [0.3, 0.4) is 0 Å². The largest absolute Gasteiger partial charge is 0.304 e. The van der Waals surface area contributed by atoms with Gasteiger partial charge in [0, 0.05) is 12.4 Å². The second-order valence-electron chi connectivity index (χ2n) is 4.21. The molecule has 0 aliphatic heterocycles. The minimum Gasteiger partial charge on any atom is -0.304 e. The van der Waals surface area contributed by atoms with E-state index in [0.29, 0.717) is 25.1 Å². The Labute approximate surface area is 159 Å². The minimum atomic E-state index is -0.430. The van der Waals surface area contributed by atoms with Gasteiger partial charge in [-0.3, -0.25) is 9.78 Å². The molecule has 0 bridgehead atoms. The topological polar surface area (TPSA) is 80.7 Å². The van der Waals surface area contributed by atoms with Gasteiger partial charge in [-0.15, -0.1) is 10.2 Å². The Balaban J connectivity index is 1.74. The van der Waals surface area contributed by atoms with Crippen molar-refractivity contribution in [3.8, 4) is 0 Å². The molecule has 0 radical (unpaired) electrons. The molecule has 3 aromatic heterocycles. The number of amides is 1. The first-order valence-corrected chi connectivity index (χ1v) is 9.04. The summed E-state index contributed by atoms with van der Waals surface area (Å²) in [5.41, 5.74) is 0. The lowest BCUT2D eigenvalue weighted by Crippen LogP contribution is -2.12. The van der Waals surface area contributed by atoms with Crippen molar-refractivity contribution in [1.29, 1.82) is 0 Å². The number of hydrogen-bond acceptors (Lipinski definition) is 7. The molecule has 122 valence electrons. The van der Waals surface area contributed by atoms with Crippen molar-refractivity contribution in [3.63, 3.8) is 0 Å². The number of nitrogens with zero attached hydrogens (tertiary/aromatic N) is 4. The molecule has 6 nitrogen and oxygen atoms in total. The van der Waals surface area contributed by atoms with Crippen molar-refractivity contribution in [3.05, 3.63) is 50.8 Å². The molecule has 24 heavy (non-hydrogen) atoms. The summed E-state index contributed by atoms with van der Waals surface area (Å²) in [4.78, 5) is 20.6. The lowest BCUT2D eigenvalue weighted by Gasteiger charge is -2.02. The lowest BCUT2D eigenvalue weighted by molar-refractivity contribution is 0.102. The van der Waals surface area contributed by atoms with Crippen molar-refractivity contribution in [2.45, 2.75) is 9.24 Å². The Bertz CT molecular complexity index is 885. The van der Waals surface area contributed by atoms with Crippen LogP contribution in [-0.2, 0) is 0 Å². The molecular weight excluding hydrogens is 413 g/mol. The van der Waals surface area contributed by atoms with E-state index in [2.05, 4.69) is 25.5 Å². The first-order chi connectivity index (χ1) is 11.5. The zero-order chi connectivity index (χ0) is 17.1. The molecule has 0 unspecified atom stereocenters. The highest BCUT2D eigenvalue weighted by Crippen LogP contribution is 2.38. The molecule has 0 saturated heterocycles. The van der Waals surface area contributed by atoms with E-state index in [1.54, 1.807) is 18.2 Å². The van der Waals surface area contributed by atoms with Gasteiger partial charge >= 0.3 is 0 Å². The predicted molar refractivity (Wildman–Crippen MR) is 95.5 cm³/mol. The van der Waals surface area contributed by atoms with Crippen molar-refractivity contribution in [2.24, 2.45) is 0 Å². The second kappa shape index (κ2) is 7.62. The number of carbonyl (C=O) groups excluding carboxylic acids is 1. The van der Waals surface area contributed by atoms with Gasteiger partial charge in [0.25, 0.3) is 5.91 Å². The highest BCUT2D eigenvalue weighted by Gasteiger charge is 2.16. The van der Waals surface area contributed by atoms with E-state index in [1.807, 2.05) is 0 Å². The smallest absolute Gasteiger partial charge is 0.287 e. The van der Waals surface area contributed by atoms with E-state index < -0.39 is 5.91 Å². The van der Waals surface area contributed by atoms with Gasteiger partial charge < -0.3 is 5.32 Å². The van der Waals surface area contributed by atoms with Crippen molar-refractivity contribution in [1.82, 2.24) is 20.2 Å². The van der Waals surface area contributed by atoms with E-state index in [-0.39, 0.29) is 10.2 Å². The summed E-state index contributed by atoms with van der Waals surface area (Å²) in [6, 6.07) is 4.91. The van der Waals surface area contributed by atoms with E-state index in [4.69, 9.17) is 34.8 Å². The van der Waals surface area contributed by atoms with Crippen molar-refractivity contribution < 1.29 is 4.79 Å². The van der Waals surface area contributed by atoms with E-state index >= 15 is 0 Å². The molecule has 1 amide bonds. The Morgan fingerprint density at radius 2 is 1.88 bits per heavy atom. The highest BCUT2D eigenvalue weighted by molar-refractivity contribution is 8.01. The molecule has 0 atom stereocenters.